The van der Waals surface area contributed by atoms with Crippen LogP contribution in [0.3, 0.4) is 0 Å². The van der Waals surface area contributed by atoms with Crippen molar-refractivity contribution >= 4 is 38.8 Å². The second-order valence-electron chi connectivity index (χ2n) is 6.77. The molecule has 1 aliphatic rings. The van der Waals surface area contributed by atoms with Gasteiger partial charge in [0, 0.05) is 18.7 Å². The highest BCUT2D eigenvalue weighted by atomic mass is 32.2. The summed E-state index contributed by atoms with van der Waals surface area (Å²) in [7, 11) is -3.73. The van der Waals surface area contributed by atoms with E-state index in [1.165, 1.54) is 16.4 Å². The number of halogens is 1. The lowest BCUT2D eigenvalue weighted by Crippen LogP contribution is -2.40. The molecule has 0 aliphatic carbocycles. The summed E-state index contributed by atoms with van der Waals surface area (Å²) in [6, 6.07) is 11.0. The number of carbonyl (C=O) groups excluding carboxylic acids is 1. The average Bonchev–Trinajstić information content (AvgIpc) is 3.22. The summed E-state index contributed by atoms with van der Waals surface area (Å²) in [6.45, 7) is 0.272. The Morgan fingerprint density at radius 3 is 2.66 bits per heavy atom. The van der Waals surface area contributed by atoms with Crippen LogP contribution >= 0.6 is 11.7 Å². The molecule has 0 spiro atoms. The molecule has 0 amide bonds. The lowest BCUT2D eigenvalue weighted by molar-refractivity contribution is -0.151. The summed E-state index contributed by atoms with van der Waals surface area (Å²) in [5.41, 5.74) is 1.22. The highest BCUT2D eigenvalue weighted by Crippen LogP contribution is 2.28. The van der Waals surface area contributed by atoms with Crippen molar-refractivity contribution in [3.05, 3.63) is 53.8 Å². The monoisotopic (exact) mass is 435 g/mol. The van der Waals surface area contributed by atoms with Crippen LogP contribution in [0.5, 0.6) is 0 Å². The summed E-state index contributed by atoms with van der Waals surface area (Å²) in [4.78, 5) is 12.4. The van der Waals surface area contributed by atoms with E-state index >= 15 is 0 Å². The summed E-state index contributed by atoms with van der Waals surface area (Å²) in [5.74, 6) is -1.27. The number of nitrogens with zero attached hydrogens (tertiary/aromatic N) is 3. The Morgan fingerprint density at radius 2 is 1.90 bits per heavy atom. The number of hydrogen-bond acceptors (Lipinski definition) is 7. The van der Waals surface area contributed by atoms with Crippen molar-refractivity contribution in [1.29, 1.82) is 0 Å². The van der Waals surface area contributed by atoms with E-state index < -0.39 is 27.7 Å². The molecular weight excluding hydrogens is 417 g/mol. The number of benzene rings is 2. The van der Waals surface area contributed by atoms with E-state index in [4.69, 9.17) is 4.74 Å². The molecular formula is C19H18FN3O4S2. The van der Waals surface area contributed by atoms with Crippen molar-refractivity contribution in [3.8, 4) is 0 Å². The minimum absolute atomic E-state index is 0.129. The van der Waals surface area contributed by atoms with Crippen LogP contribution in [-0.4, -0.2) is 40.5 Å². The molecule has 0 atom stereocenters. The first-order valence-electron chi connectivity index (χ1n) is 9.08. The van der Waals surface area contributed by atoms with Crippen molar-refractivity contribution in [2.75, 3.05) is 13.1 Å². The molecule has 3 aromatic rings. The van der Waals surface area contributed by atoms with Crippen molar-refractivity contribution in [3.63, 3.8) is 0 Å². The van der Waals surface area contributed by atoms with Gasteiger partial charge in [-0.05, 0) is 31.0 Å². The van der Waals surface area contributed by atoms with Crippen LogP contribution in [0, 0.1) is 11.7 Å². The maximum atomic E-state index is 13.6. The van der Waals surface area contributed by atoms with Crippen LogP contribution in [0.15, 0.2) is 47.4 Å². The van der Waals surface area contributed by atoms with Crippen LogP contribution in [0.1, 0.15) is 18.4 Å². The van der Waals surface area contributed by atoms with Crippen molar-refractivity contribution in [2.24, 2.45) is 5.92 Å². The Labute approximate surface area is 171 Å². The third kappa shape index (κ3) is 4.00. The van der Waals surface area contributed by atoms with Gasteiger partial charge in [0.1, 0.15) is 28.4 Å². The zero-order valence-corrected chi connectivity index (χ0v) is 17.0. The lowest BCUT2D eigenvalue weighted by atomic mass is 9.98. The quantitative estimate of drug-likeness (QED) is 0.573. The first-order valence-corrected chi connectivity index (χ1v) is 11.3. The van der Waals surface area contributed by atoms with E-state index in [9.17, 15) is 17.6 Å². The van der Waals surface area contributed by atoms with Gasteiger partial charge in [-0.2, -0.15) is 13.1 Å². The molecule has 10 heteroatoms. The fourth-order valence-electron chi connectivity index (χ4n) is 3.34. The van der Waals surface area contributed by atoms with E-state index in [0.717, 1.165) is 11.7 Å². The standard InChI is InChI=1S/C19H18FN3O4S2/c20-15-5-2-1-4-14(15)12-27-19(24)13-8-10-23(11-9-13)29(25,26)17-7-3-6-16-18(17)22-28-21-16/h1-7,13H,8-12H2. The number of fused-ring (bicyclic) bond motifs is 1. The summed E-state index contributed by atoms with van der Waals surface area (Å²) >= 11 is 0.968. The van der Waals surface area contributed by atoms with Crippen molar-refractivity contribution < 1.29 is 22.3 Å². The third-order valence-electron chi connectivity index (χ3n) is 4.98. The molecule has 0 radical (unpaired) electrons. The summed E-state index contributed by atoms with van der Waals surface area (Å²) in [6.07, 6.45) is 0.696. The molecule has 0 bridgehead atoms. The van der Waals surface area contributed by atoms with Gasteiger partial charge in [-0.25, -0.2) is 12.8 Å². The molecule has 1 aromatic heterocycles. The fraction of sp³-hybridized carbons (Fsp3) is 0.316. The van der Waals surface area contributed by atoms with Gasteiger partial charge >= 0.3 is 5.97 Å². The summed E-state index contributed by atoms with van der Waals surface area (Å²) < 4.78 is 54.5. The number of hydrogen-bond donors (Lipinski definition) is 0. The van der Waals surface area contributed by atoms with E-state index in [0.29, 0.717) is 29.4 Å². The zero-order chi connectivity index (χ0) is 20.4. The van der Waals surface area contributed by atoms with Gasteiger partial charge in [0.05, 0.1) is 17.6 Å². The molecule has 2 aromatic carbocycles. The molecule has 1 aliphatic heterocycles. The zero-order valence-electron chi connectivity index (χ0n) is 15.3. The molecule has 29 heavy (non-hydrogen) atoms. The first-order chi connectivity index (χ1) is 14.0. The van der Waals surface area contributed by atoms with Crippen LogP contribution in [0.4, 0.5) is 4.39 Å². The number of aromatic nitrogens is 2. The van der Waals surface area contributed by atoms with E-state index in [1.54, 1.807) is 30.3 Å². The number of piperidine rings is 1. The van der Waals surface area contributed by atoms with Gasteiger partial charge in [-0.1, -0.05) is 24.3 Å². The number of esters is 1. The lowest BCUT2D eigenvalue weighted by Gasteiger charge is -2.30. The highest BCUT2D eigenvalue weighted by Gasteiger charge is 2.34. The first kappa shape index (κ1) is 19.9. The number of rotatable bonds is 5. The Hall–Kier alpha value is -2.43. The predicted molar refractivity (Wildman–Crippen MR) is 105 cm³/mol. The minimum Gasteiger partial charge on any atom is -0.460 e. The van der Waals surface area contributed by atoms with Crippen LogP contribution < -0.4 is 0 Å². The maximum Gasteiger partial charge on any atom is 0.309 e. The number of carbonyl (C=O) groups is 1. The Kier molecular flexibility index (Phi) is 5.57. The SMILES string of the molecule is O=C(OCc1ccccc1F)C1CCN(S(=O)(=O)c2cccc3nsnc23)CC1. The number of ether oxygens (including phenoxy) is 1. The molecule has 2 heterocycles. The van der Waals surface area contributed by atoms with E-state index in [1.807, 2.05) is 0 Å². The van der Waals surface area contributed by atoms with Gasteiger partial charge in [-0.15, -0.1) is 0 Å². The minimum atomic E-state index is -3.73. The predicted octanol–water partition coefficient (Wildman–Crippen LogP) is 2.97. The second kappa shape index (κ2) is 8.13. The third-order valence-corrected chi connectivity index (χ3v) is 7.45. The van der Waals surface area contributed by atoms with Crippen molar-refractivity contribution in [1.82, 2.24) is 13.1 Å². The molecule has 0 unspecified atom stereocenters. The van der Waals surface area contributed by atoms with Crippen LogP contribution in [0.2, 0.25) is 0 Å². The molecule has 1 fully saturated rings. The van der Waals surface area contributed by atoms with Gasteiger partial charge in [0.15, 0.2) is 0 Å². The number of sulfonamides is 1. The Balaban J connectivity index is 1.39. The van der Waals surface area contributed by atoms with Crippen LogP contribution in [-0.2, 0) is 26.2 Å². The largest absolute Gasteiger partial charge is 0.460 e. The fourth-order valence-corrected chi connectivity index (χ4v) is 5.56. The molecule has 0 saturated carbocycles. The van der Waals surface area contributed by atoms with Crippen molar-refractivity contribution in [2.45, 2.75) is 24.3 Å². The maximum absolute atomic E-state index is 13.6. The molecule has 4 rings (SSSR count). The average molecular weight is 436 g/mol. The van der Waals surface area contributed by atoms with E-state index in [-0.39, 0.29) is 24.6 Å². The van der Waals surface area contributed by atoms with Gasteiger partial charge in [0.2, 0.25) is 10.0 Å². The Morgan fingerprint density at radius 1 is 1.14 bits per heavy atom. The van der Waals surface area contributed by atoms with Gasteiger partial charge in [-0.3, -0.25) is 4.79 Å². The molecule has 7 nitrogen and oxygen atoms in total. The second-order valence-corrected chi connectivity index (χ2v) is 9.20. The van der Waals surface area contributed by atoms with Gasteiger partial charge < -0.3 is 4.74 Å². The van der Waals surface area contributed by atoms with Crippen LogP contribution in [0.25, 0.3) is 11.0 Å². The molecule has 0 N–H and O–H groups in total. The van der Waals surface area contributed by atoms with Gasteiger partial charge in [0.25, 0.3) is 0 Å². The van der Waals surface area contributed by atoms with E-state index in [2.05, 4.69) is 8.75 Å². The molecule has 1 saturated heterocycles. The highest BCUT2D eigenvalue weighted by molar-refractivity contribution is 7.89. The molecule has 152 valence electrons. The topological polar surface area (TPSA) is 89.5 Å². The normalized spacial score (nSPS) is 16.2. The summed E-state index contributed by atoms with van der Waals surface area (Å²) in [5, 5.41) is 0. The Bertz CT molecular complexity index is 1140. The smallest absolute Gasteiger partial charge is 0.309 e.